The molecule has 1 saturated heterocycles. The second kappa shape index (κ2) is 8.37. The van der Waals surface area contributed by atoms with E-state index in [-0.39, 0.29) is 5.91 Å². The van der Waals surface area contributed by atoms with Crippen LogP contribution in [0.3, 0.4) is 0 Å². The Morgan fingerprint density at radius 3 is 2.58 bits per heavy atom. The van der Waals surface area contributed by atoms with E-state index in [9.17, 15) is 4.79 Å². The molecule has 134 valence electrons. The van der Waals surface area contributed by atoms with Gasteiger partial charge in [0.05, 0.1) is 24.8 Å². The molecule has 0 saturated carbocycles. The number of nitriles is 1. The number of nitrogens with zero attached hydrogens (tertiary/aromatic N) is 2. The lowest BCUT2D eigenvalue weighted by Gasteiger charge is -2.29. The smallest absolute Gasteiger partial charge is 0.246 e. The van der Waals surface area contributed by atoms with Crippen molar-refractivity contribution in [3.05, 3.63) is 54.1 Å². The van der Waals surface area contributed by atoms with Gasteiger partial charge in [0.1, 0.15) is 6.04 Å². The van der Waals surface area contributed by atoms with Crippen molar-refractivity contribution in [1.82, 2.24) is 0 Å². The first-order valence-corrected chi connectivity index (χ1v) is 8.66. The maximum atomic E-state index is 12.4. The van der Waals surface area contributed by atoms with Crippen molar-refractivity contribution in [2.45, 2.75) is 13.0 Å². The van der Waals surface area contributed by atoms with Crippen LogP contribution in [0.4, 0.5) is 17.1 Å². The molecule has 6 nitrogen and oxygen atoms in total. The quantitative estimate of drug-likeness (QED) is 0.867. The van der Waals surface area contributed by atoms with Crippen LogP contribution >= 0.6 is 0 Å². The fourth-order valence-electron chi connectivity index (χ4n) is 2.82. The predicted octanol–water partition coefficient (Wildman–Crippen LogP) is 2.83. The fourth-order valence-corrected chi connectivity index (χ4v) is 2.82. The molecule has 2 N–H and O–H groups in total. The van der Waals surface area contributed by atoms with E-state index in [1.54, 1.807) is 31.2 Å². The van der Waals surface area contributed by atoms with Crippen LogP contribution < -0.4 is 15.5 Å². The molecule has 3 rings (SSSR count). The monoisotopic (exact) mass is 350 g/mol. The number of benzene rings is 2. The number of anilines is 3. The first-order valence-electron chi connectivity index (χ1n) is 8.66. The summed E-state index contributed by atoms with van der Waals surface area (Å²) < 4.78 is 5.37. The molecule has 1 aliphatic heterocycles. The van der Waals surface area contributed by atoms with Crippen LogP contribution in [0.25, 0.3) is 0 Å². The van der Waals surface area contributed by atoms with E-state index in [0.717, 1.165) is 37.7 Å². The van der Waals surface area contributed by atoms with Crippen molar-refractivity contribution in [3.63, 3.8) is 0 Å². The van der Waals surface area contributed by atoms with Crippen LogP contribution in [0, 0.1) is 11.3 Å². The van der Waals surface area contributed by atoms with Crippen LogP contribution in [-0.4, -0.2) is 38.3 Å². The Hall–Kier alpha value is -3.04. The molecular weight excluding hydrogens is 328 g/mol. The molecule has 0 unspecified atom stereocenters. The number of hydrogen-bond donors (Lipinski definition) is 2. The second-order valence-electron chi connectivity index (χ2n) is 6.19. The van der Waals surface area contributed by atoms with E-state index in [0.29, 0.717) is 11.3 Å². The Morgan fingerprint density at radius 2 is 1.88 bits per heavy atom. The number of morpholine rings is 1. The zero-order valence-corrected chi connectivity index (χ0v) is 14.7. The van der Waals surface area contributed by atoms with E-state index in [4.69, 9.17) is 10.00 Å². The number of ether oxygens (including phenoxy) is 1. The highest BCUT2D eigenvalue weighted by Crippen LogP contribution is 2.20. The molecule has 0 radical (unpaired) electrons. The van der Waals surface area contributed by atoms with E-state index >= 15 is 0 Å². The summed E-state index contributed by atoms with van der Waals surface area (Å²) in [5.41, 5.74) is 3.17. The molecular formula is C20H22N4O2. The molecule has 2 aromatic carbocycles. The highest BCUT2D eigenvalue weighted by Gasteiger charge is 2.14. The number of nitrogens with one attached hydrogen (secondary N) is 2. The SMILES string of the molecule is C[C@H](Nc1ccc(N2CCOCC2)cc1)C(=O)Nc1cccc(C#N)c1. The molecule has 0 aliphatic carbocycles. The third kappa shape index (κ3) is 4.52. The average Bonchev–Trinajstić information content (AvgIpc) is 2.69. The number of amides is 1. The van der Waals surface area contributed by atoms with Crippen LogP contribution in [-0.2, 0) is 9.53 Å². The van der Waals surface area contributed by atoms with Crippen LogP contribution in [0.2, 0.25) is 0 Å². The Bertz CT molecular complexity index is 792. The molecule has 0 bridgehead atoms. The molecule has 1 amide bonds. The van der Waals surface area contributed by atoms with Gasteiger partial charge in [-0.3, -0.25) is 4.79 Å². The van der Waals surface area contributed by atoms with E-state index in [1.807, 2.05) is 12.1 Å². The lowest BCUT2D eigenvalue weighted by atomic mass is 10.2. The summed E-state index contributed by atoms with van der Waals surface area (Å²) in [6.07, 6.45) is 0. The zero-order valence-electron chi connectivity index (χ0n) is 14.7. The molecule has 1 aliphatic rings. The minimum Gasteiger partial charge on any atom is -0.378 e. The predicted molar refractivity (Wildman–Crippen MR) is 102 cm³/mol. The summed E-state index contributed by atoms with van der Waals surface area (Å²) in [5.74, 6) is -0.155. The lowest BCUT2D eigenvalue weighted by Crippen LogP contribution is -2.36. The Kier molecular flexibility index (Phi) is 5.72. The molecule has 6 heteroatoms. The van der Waals surface area contributed by atoms with Gasteiger partial charge in [0.2, 0.25) is 5.91 Å². The minimum atomic E-state index is -0.407. The number of carbonyl (C=O) groups is 1. The molecule has 0 spiro atoms. The van der Waals surface area contributed by atoms with Crippen LogP contribution in [0.5, 0.6) is 0 Å². The summed E-state index contributed by atoms with van der Waals surface area (Å²) in [6, 6.07) is 16.6. The van der Waals surface area contributed by atoms with Crippen molar-refractivity contribution < 1.29 is 9.53 Å². The minimum absolute atomic E-state index is 0.155. The zero-order chi connectivity index (χ0) is 18.4. The molecule has 0 aromatic heterocycles. The highest BCUT2D eigenvalue weighted by atomic mass is 16.5. The van der Waals surface area contributed by atoms with Gasteiger partial charge >= 0.3 is 0 Å². The number of hydrogen-bond acceptors (Lipinski definition) is 5. The maximum Gasteiger partial charge on any atom is 0.246 e. The van der Waals surface area contributed by atoms with Gasteiger partial charge in [0.15, 0.2) is 0 Å². The van der Waals surface area contributed by atoms with Gasteiger partial charge < -0.3 is 20.3 Å². The van der Waals surface area contributed by atoms with Crippen molar-refractivity contribution in [2.75, 3.05) is 41.8 Å². The van der Waals surface area contributed by atoms with Gasteiger partial charge in [-0.25, -0.2) is 0 Å². The molecule has 1 atom stereocenters. The van der Waals surface area contributed by atoms with Crippen molar-refractivity contribution in [1.29, 1.82) is 5.26 Å². The number of rotatable bonds is 5. The topological polar surface area (TPSA) is 77.4 Å². The van der Waals surface area contributed by atoms with Gasteiger partial charge in [-0.15, -0.1) is 0 Å². The van der Waals surface area contributed by atoms with Gasteiger partial charge in [-0.05, 0) is 49.4 Å². The third-order valence-corrected chi connectivity index (χ3v) is 4.28. The normalized spacial score (nSPS) is 15.0. The van der Waals surface area contributed by atoms with Crippen LogP contribution in [0.15, 0.2) is 48.5 Å². The van der Waals surface area contributed by atoms with E-state index in [1.165, 1.54) is 0 Å². The Labute approximate surface area is 153 Å². The first kappa shape index (κ1) is 17.8. The Morgan fingerprint density at radius 1 is 1.15 bits per heavy atom. The van der Waals surface area contributed by atoms with E-state index in [2.05, 4.69) is 33.7 Å². The highest BCUT2D eigenvalue weighted by molar-refractivity contribution is 5.96. The maximum absolute atomic E-state index is 12.4. The third-order valence-electron chi connectivity index (χ3n) is 4.28. The summed E-state index contributed by atoms with van der Waals surface area (Å²) in [7, 11) is 0. The van der Waals surface area contributed by atoms with Crippen molar-refractivity contribution >= 4 is 23.0 Å². The van der Waals surface area contributed by atoms with Crippen molar-refractivity contribution in [2.24, 2.45) is 0 Å². The summed E-state index contributed by atoms with van der Waals surface area (Å²) in [6.45, 7) is 5.11. The molecule has 1 fully saturated rings. The molecule has 2 aromatic rings. The first-order chi connectivity index (χ1) is 12.7. The Balaban J connectivity index is 1.57. The summed E-state index contributed by atoms with van der Waals surface area (Å²) in [4.78, 5) is 14.6. The van der Waals surface area contributed by atoms with Crippen molar-refractivity contribution in [3.8, 4) is 6.07 Å². The van der Waals surface area contributed by atoms with E-state index < -0.39 is 6.04 Å². The standard InChI is InChI=1S/C20H22N4O2/c1-15(20(25)23-18-4-2-3-16(13-18)14-21)22-17-5-7-19(8-6-17)24-9-11-26-12-10-24/h2-8,13,15,22H,9-12H2,1H3,(H,23,25)/t15-/m0/s1. The molecule has 26 heavy (non-hydrogen) atoms. The lowest BCUT2D eigenvalue weighted by molar-refractivity contribution is -0.116. The fraction of sp³-hybridized carbons (Fsp3) is 0.300. The average molecular weight is 350 g/mol. The van der Waals surface area contributed by atoms with Gasteiger partial charge in [-0.2, -0.15) is 5.26 Å². The van der Waals surface area contributed by atoms with Gasteiger partial charge in [-0.1, -0.05) is 6.07 Å². The summed E-state index contributed by atoms with van der Waals surface area (Å²) in [5, 5.41) is 15.0. The van der Waals surface area contributed by atoms with Crippen LogP contribution in [0.1, 0.15) is 12.5 Å². The number of carbonyl (C=O) groups excluding carboxylic acids is 1. The largest absolute Gasteiger partial charge is 0.378 e. The molecule has 1 heterocycles. The van der Waals surface area contributed by atoms with Gasteiger partial charge in [0.25, 0.3) is 0 Å². The van der Waals surface area contributed by atoms with Gasteiger partial charge in [0, 0.05) is 30.2 Å². The second-order valence-corrected chi connectivity index (χ2v) is 6.19. The summed E-state index contributed by atoms with van der Waals surface area (Å²) >= 11 is 0.